The summed E-state index contributed by atoms with van der Waals surface area (Å²) >= 11 is 1.81. The highest BCUT2D eigenvalue weighted by atomic mass is 32.2. The Morgan fingerprint density at radius 1 is 1.00 bits per heavy atom. The standard InChI is InChI=1S/C21H19NO2S/c1-22(2)19-16-12-13-25-17-11-7-6-10-15(17)20(16)24-21(23)18(19)14-8-4-3-5-9-14/h3-11H,12-13H2,1-2H3. The van der Waals surface area contributed by atoms with Crippen LogP contribution in [0.3, 0.4) is 0 Å². The van der Waals surface area contributed by atoms with Gasteiger partial charge in [-0.15, -0.1) is 11.8 Å². The van der Waals surface area contributed by atoms with Crippen molar-refractivity contribution in [3.05, 3.63) is 70.6 Å². The second-order valence-corrected chi connectivity index (χ2v) is 7.41. The molecule has 0 unspecified atom stereocenters. The van der Waals surface area contributed by atoms with Crippen molar-refractivity contribution in [1.29, 1.82) is 0 Å². The first-order valence-electron chi connectivity index (χ1n) is 8.31. The van der Waals surface area contributed by atoms with Crippen LogP contribution in [0, 0.1) is 0 Å². The molecule has 2 heterocycles. The molecule has 25 heavy (non-hydrogen) atoms. The van der Waals surface area contributed by atoms with Gasteiger partial charge in [-0.2, -0.15) is 0 Å². The van der Waals surface area contributed by atoms with Crippen molar-refractivity contribution in [2.75, 3.05) is 24.7 Å². The van der Waals surface area contributed by atoms with Crippen molar-refractivity contribution in [3.63, 3.8) is 0 Å². The Balaban J connectivity index is 2.07. The molecule has 126 valence electrons. The van der Waals surface area contributed by atoms with E-state index in [0.717, 1.165) is 34.6 Å². The molecular weight excluding hydrogens is 330 g/mol. The third kappa shape index (κ3) is 2.76. The maximum Gasteiger partial charge on any atom is 0.346 e. The number of rotatable bonds is 2. The Kier molecular flexibility index (Phi) is 4.14. The highest BCUT2D eigenvalue weighted by Crippen LogP contribution is 2.42. The summed E-state index contributed by atoms with van der Waals surface area (Å²) in [5.41, 5.74) is 4.35. The first-order valence-corrected chi connectivity index (χ1v) is 9.30. The van der Waals surface area contributed by atoms with Gasteiger partial charge in [-0.1, -0.05) is 48.5 Å². The first kappa shape index (κ1) is 16.0. The summed E-state index contributed by atoms with van der Waals surface area (Å²) in [5, 5.41) is 0. The van der Waals surface area contributed by atoms with Crippen LogP contribution in [0.4, 0.5) is 5.69 Å². The van der Waals surface area contributed by atoms with Crippen LogP contribution in [0.25, 0.3) is 22.5 Å². The van der Waals surface area contributed by atoms with E-state index < -0.39 is 0 Å². The zero-order valence-corrected chi connectivity index (χ0v) is 15.1. The first-order chi connectivity index (χ1) is 12.2. The molecule has 0 fully saturated rings. The van der Waals surface area contributed by atoms with Crippen LogP contribution in [0.1, 0.15) is 5.56 Å². The van der Waals surface area contributed by atoms with Gasteiger partial charge in [0.2, 0.25) is 0 Å². The van der Waals surface area contributed by atoms with Crippen molar-refractivity contribution >= 4 is 17.4 Å². The molecule has 1 aliphatic rings. The van der Waals surface area contributed by atoms with Crippen molar-refractivity contribution in [3.8, 4) is 22.5 Å². The summed E-state index contributed by atoms with van der Waals surface area (Å²) < 4.78 is 5.89. The molecule has 0 saturated carbocycles. The summed E-state index contributed by atoms with van der Waals surface area (Å²) in [5.74, 6) is 1.68. The van der Waals surface area contributed by atoms with E-state index in [0.29, 0.717) is 11.3 Å². The second-order valence-electron chi connectivity index (χ2n) is 6.28. The lowest BCUT2D eigenvalue weighted by Gasteiger charge is -2.22. The van der Waals surface area contributed by atoms with Gasteiger partial charge in [-0.05, 0) is 18.1 Å². The van der Waals surface area contributed by atoms with E-state index in [9.17, 15) is 4.79 Å². The van der Waals surface area contributed by atoms with Crippen LogP contribution in [-0.2, 0) is 6.42 Å². The van der Waals surface area contributed by atoms with Gasteiger partial charge < -0.3 is 9.32 Å². The Bertz CT molecular complexity index is 977. The fraction of sp³-hybridized carbons (Fsp3) is 0.190. The van der Waals surface area contributed by atoms with Crippen molar-refractivity contribution < 1.29 is 4.42 Å². The van der Waals surface area contributed by atoms with Gasteiger partial charge in [0, 0.05) is 35.9 Å². The Labute approximate surface area is 151 Å². The number of nitrogens with zero attached hydrogens (tertiary/aromatic N) is 1. The molecule has 3 aromatic rings. The van der Waals surface area contributed by atoms with Gasteiger partial charge in [-0.3, -0.25) is 0 Å². The molecule has 1 aliphatic heterocycles. The second kappa shape index (κ2) is 6.45. The van der Waals surface area contributed by atoms with Gasteiger partial charge in [0.25, 0.3) is 0 Å². The van der Waals surface area contributed by atoms with E-state index in [-0.39, 0.29) is 5.63 Å². The zero-order valence-electron chi connectivity index (χ0n) is 14.3. The maximum atomic E-state index is 12.9. The highest BCUT2D eigenvalue weighted by Gasteiger charge is 2.26. The predicted molar refractivity (Wildman–Crippen MR) is 105 cm³/mol. The normalized spacial score (nSPS) is 12.9. The van der Waals surface area contributed by atoms with Crippen molar-refractivity contribution in [2.24, 2.45) is 0 Å². The Morgan fingerprint density at radius 3 is 2.48 bits per heavy atom. The number of fused-ring (bicyclic) bond motifs is 3. The molecule has 4 rings (SSSR count). The summed E-state index contributed by atoms with van der Waals surface area (Å²) in [6, 6.07) is 17.9. The van der Waals surface area contributed by atoms with Gasteiger partial charge >= 0.3 is 5.63 Å². The van der Waals surface area contributed by atoms with E-state index in [1.54, 1.807) is 0 Å². The minimum absolute atomic E-state index is 0.282. The van der Waals surface area contributed by atoms with Crippen LogP contribution in [0.5, 0.6) is 0 Å². The van der Waals surface area contributed by atoms with Crippen LogP contribution >= 0.6 is 11.8 Å². The number of thioether (sulfide) groups is 1. The van der Waals surface area contributed by atoms with E-state index in [1.165, 1.54) is 4.90 Å². The van der Waals surface area contributed by atoms with E-state index in [2.05, 4.69) is 6.07 Å². The largest absolute Gasteiger partial charge is 0.422 e. The third-order valence-corrected chi connectivity index (χ3v) is 5.52. The van der Waals surface area contributed by atoms with Crippen LogP contribution in [0.2, 0.25) is 0 Å². The summed E-state index contributed by atoms with van der Waals surface area (Å²) in [7, 11) is 3.98. The van der Waals surface area contributed by atoms with Crippen molar-refractivity contribution in [2.45, 2.75) is 11.3 Å². The molecule has 2 aromatic carbocycles. The van der Waals surface area contributed by atoms with Crippen molar-refractivity contribution in [1.82, 2.24) is 0 Å². The lowest BCUT2D eigenvalue weighted by Crippen LogP contribution is -2.19. The van der Waals surface area contributed by atoms with E-state index in [1.807, 2.05) is 79.3 Å². The average Bonchev–Trinajstić information content (AvgIpc) is 2.80. The molecule has 1 aromatic heterocycles. The van der Waals surface area contributed by atoms with E-state index in [4.69, 9.17) is 4.42 Å². The third-order valence-electron chi connectivity index (χ3n) is 4.45. The average molecular weight is 349 g/mol. The monoisotopic (exact) mass is 349 g/mol. The van der Waals surface area contributed by atoms with Crippen LogP contribution < -0.4 is 10.5 Å². The molecule has 0 aliphatic carbocycles. The van der Waals surface area contributed by atoms with Gasteiger partial charge in [0.05, 0.1) is 11.3 Å². The zero-order chi connectivity index (χ0) is 17.4. The Hall–Kier alpha value is -2.46. The molecule has 0 atom stereocenters. The van der Waals surface area contributed by atoms with E-state index >= 15 is 0 Å². The molecule has 0 radical (unpaired) electrons. The predicted octanol–water partition coefficient (Wildman–Crippen LogP) is 4.69. The summed E-state index contributed by atoms with van der Waals surface area (Å²) in [6.45, 7) is 0. The summed E-state index contributed by atoms with van der Waals surface area (Å²) in [4.78, 5) is 16.1. The topological polar surface area (TPSA) is 33.5 Å². The smallest absolute Gasteiger partial charge is 0.346 e. The minimum atomic E-state index is -0.282. The number of benzene rings is 2. The molecule has 0 saturated heterocycles. The maximum absolute atomic E-state index is 12.9. The molecule has 4 heteroatoms. The Morgan fingerprint density at radius 2 is 1.72 bits per heavy atom. The fourth-order valence-corrected chi connectivity index (χ4v) is 4.42. The summed E-state index contributed by atoms with van der Waals surface area (Å²) in [6.07, 6.45) is 0.867. The van der Waals surface area contributed by atoms with Gasteiger partial charge in [0.15, 0.2) is 0 Å². The number of hydrogen-bond donors (Lipinski definition) is 0. The van der Waals surface area contributed by atoms with Gasteiger partial charge in [-0.25, -0.2) is 4.79 Å². The lowest BCUT2D eigenvalue weighted by molar-refractivity contribution is 0.522. The molecular formula is C21H19NO2S. The quantitative estimate of drug-likeness (QED) is 0.672. The molecule has 0 bridgehead atoms. The van der Waals surface area contributed by atoms with Crippen LogP contribution in [0.15, 0.2) is 68.7 Å². The number of anilines is 1. The molecule has 0 N–H and O–H groups in total. The fourth-order valence-electron chi connectivity index (χ4n) is 3.41. The minimum Gasteiger partial charge on any atom is -0.422 e. The molecule has 3 nitrogen and oxygen atoms in total. The highest BCUT2D eigenvalue weighted by molar-refractivity contribution is 7.99. The van der Waals surface area contributed by atoms with Gasteiger partial charge in [0.1, 0.15) is 5.76 Å². The molecule has 0 spiro atoms. The SMILES string of the molecule is CN(C)c1c2c(oc(=O)c1-c1ccccc1)-c1ccccc1SCC2. The van der Waals surface area contributed by atoms with Crippen LogP contribution in [-0.4, -0.2) is 19.8 Å². The lowest BCUT2D eigenvalue weighted by atomic mass is 9.97. The number of hydrogen-bond acceptors (Lipinski definition) is 4. The molecule has 0 amide bonds.